The molecule has 0 aromatic carbocycles. The minimum atomic E-state index is -3.61. The Morgan fingerprint density at radius 1 is 1.32 bits per heavy atom. The molecule has 2 aliphatic rings. The van der Waals surface area contributed by atoms with Crippen LogP contribution in [0.3, 0.4) is 0 Å². The van der Waals surface area contributed by atoms with Crippen molar-refractivity contribution in [3.05, 3.63) is 12.4 Å². The van der Waals surface area contributed by atoms with Crippen LogP contribution >= 0.6 is 0 Å². The first-order valence-corrected chi connectivity index (χ1v) is 10.2. The molecule has 8 nitrogen and oxygen atoms in total. The van der Waals surface area contributed by atoms with Crippen molar-refractivity contribution in [2.75, 3.05) is 39.9 Å². The molecule has 1 aromatic heterocycles. The number of nitrogens with zero attached hydrogens (tertiary/aromatic N) is 4. The third-order valence-corrected chi connectivity index (χ3v) is 7.08. The van der Waals surface area contributed by atoms with Crippen molar-refractivity contribution in [2.24, 2.45) is 5.41 Å². The maximum Gasteiger partial charge on any atom is 0.246 e. The van der Waals surface area contributed by atoms with Crippen LogP contribution in [0.4, 0.5) is 0 Å². The highest BCUT2D eigenvalue weighted by Gasteiger charge is 2.51. The van der Waals surface area contributed by atoms with Crippen LogP contribution in [0.15, 0.2) is 17.3 Å². The first kappa shape index (κ1) is 18.3. The Morgan fingerprint density at radius 2 is 2.12 bits per heavy atom. The number of hydrogen-bond donors (Lipinski definition) is 0. The van der Waals surface area contributed by atoms with Crippen LogP contribution < -0.4 is 0 Å². The predicted octanol–water partition coefficient (Wildman–Crippen LogP) is 0.553. The van der Waals surface area contributed by atoms with Crippen LogP contribution in [-0.4, -0.2) is 73.2 Å². The predicted molar refractivity (Wildman–Crippen MR) is 91.4 cm³/mol. The summed E-state index contributed by atoms with van der Waals surface area (Å²) < 4.78 is 33.9. The number of rotatable bonds is 6. The molecule has 0 saturated carbocycles. The van der Waals surface area contributed by atoms with Gasteiger partial charge in [-0.25, -0.2) is 8.42 Å². The van der Waals surface area contributed by atoms with E-state index in [4.69, 9.17) is 4.74 Å². The van der Waals surface area contributed by atoms with Crippen LogP contribution in [0.5, 0.6) is 0 Å². The lowest BCUT2D eigenvalue weighted by Crippen LogP contribution is -2.51. The van der Waals surface area contributed by atoms with Gasteiger partial charge in [0.15, 0.2) is 0 Å². The molecule has 3 heterocycles. The van der Waals surface area contributed by atoms with Crippen molar-refractivity contribution in [3.63, 3.8) is 0 Å². The molecular formula is C16H26N4O4S. The number of amides is 1. The Hall–Kier alpha value is -1.45. The summed E-state index contributed by atoms with van der Waals surface area (Å²) in [6.45, 7) is 4.95. The second kappa shape index (κ2) is 7.05. The zero-order valence-electron chi connectivity index (χ0n) is 14.8. The molecule has 0 N–H and O–H groups in total. The van der Waals surface area contributed by atoms with Gasteiger partial charge in [-0.15, -0.1) is 0 Å². The first-order valence-electron chi connectivity index (χ1n) is 8.74. The SMILES string of the molecule is CCn1cc(S(=O)(=O)N2CCC3(CCCN(CCOC)C3=O)C2)cn1. The maximum absolute atomic E-state index is 12.9. The van der Waals surface area contributed by atoms with Gasteiger partial charge in [-0.3, -0.25) is 9.48 Å². The molecule has 0 radical (unpaired) electrons. The third-order valence-electron chi connectivity index (χ3n) is 5.28. The lowest BCUT2D eigenvalue weighted by molar-refractivity contribution is -0.146. The van der Waals surface area contributed by atoms with Crippen LogP contribution in [0.2, 0.25) is 0 Å². The Balaban J connectivity index is 1.76. The van der Waals surface area contributed by atoms with Gasteiger partial charge in [-0.2, -0.15) is 9.40 Å². The van der Waals surface area contributed by atoms with Crippen LogP contribution in [0.25, 0.3) is 0 Å². The van der Waals surface area contributed by atoms with E-state index in [9.17, 15) is 13.2 Å². The number of ether oxygens (including phenoxy) is 1. The zero-order valence-corrected chi connectivity index (χ0v) is 15.7. The van der Waals surface area contributed by atoms with Crippen LogP contribution in [0, 0.1) is 5.41 Å². The molecule has 2 saturated heterocycles. The summed E-state index contributed by atoms with van der Waals surface area (Å²) in [7, 11) is -1.99. The van der Waals surface area contributed by atoms with Gasteiger partial charge in [-0.05, 0) is 26.2 Å². The zero-order chi connectivity index (χ0) is 18.1. The van der Waals surface area contributed by atoms with Crippen LogP contribution in [-0.2, 0) is 26.1 Å². The quantitative estimate of drug-likeness (QED) is 0.730. The van der Waals surface area contributed by atoms with Gasteiger partial charge in [-0.1, -0.05) is 0 Å². The van der Waals surface area contributed by atoms with Crippen molar-refractivity contribution >= 4 is 15.9 Å². The molecular weight excluding hydrogens is 344 g/mol. The highest BCUT2D eigenvalue weighted by molar-refractivity contribution is 7.89. The summed E-state index contributed by atoms with van der Waals surface area (Å²) in [5.41, 5.74) is -0.584. The third kappa shape index (κ3) is 3.32. The molecule has 25 heavy (non-hydrogen) atoms. The topological polar surface area (TPSA) is 84.7 Å². The van der Waals surface area contributed by atoms with Crippen molar-refractivity contribution < 1.29 is 17.9 Å². The van der Waals surface area contributed by atoms with Crippen molar-refractivity contribution in [1.29, 1.82) is 0 Å². The smallest absolute Gasteiger partial charge is 0.246 e. The summed E-state index contributed by atoms with van der Waals surface area (Å²) in [5.74, 6) is 0.0674. The number of piperidine rings is 1. The Labute approximate surface area is 148 Å². The molecule has 0 bridgehead atoms. The minimum Gasteiger partial charge on any atom is -0.383 e. The number of hydrogen-bond acceptors (Lipinski definition) is 5. The fourth-order valence-electron chi connectivity index (χ4n) is 3.79. The summed E-state index contributed by atoms with van der Waals surface area (Å²) in [6, 6.07) is 0. The molecule has 1 spiro atoms. The number of likely N-dealkylation sites (tertiary alicyclic amines) is 1. The van der Waals surface area contributed by atoms with Crippen molar-refractivity contribution in [1.82, 2.24) is 19.0 Å². The summed E-state index contributed by atoms with van der Waals surface area (Å²) in [5, 5.41) is 4.06. The number of methoxy groups -OCH3 is 1. The molecule has 2 aliphatic heterocycles. The number of carbonyl (C=O) groups excluding carboxylic acids is 1. The standard InChI is InChI=1S/C16H26N4O4S/c1-3-19-12-14(11-17-19)25(22,23)20-8-6-16(13-20)5-4-7-18(15(16)21)9-10-24-2/h11-12H,3-10,13H2,1-2H3. The molecule has 1 unspecified atom stereocenters. The number of carbonyl (C=O) groups is 1. The van der Waals surface area contributed by atoms with Gasteiger partial charge in [0.1, 0.15) is 4.90 Å². The van der Waals surface area contributed by atoms with E-state index in [1.807, 2.05) is 11.8 Å². The summed E-state index contributed by atoms with van der Waals surface area (Å²) in [4.78, 5) is 15.0. The summed E-state index contributed by atoms with van der Waals surface area (Å²) >= 11 is 0. The van der Waals surface area contributed by atoms with E-state index in [2.05, 4.69) is 5.10 Å². The van der Waals surface area contributed by atoms with Gasteiger partial charge in [0.05, 0.1) is 18.2 Å². The molecule has 1 atom stereocenters. The molecule has 2 fully saturated rings. The van der Waals surface area contributed by atoms with Crippen LogP contribution in [0.1, 0.15) is 26.2 Å². The average molecular weight is 370 g/mol. The second-order valence-corrected chi connectivity index (χ2v) is 8.73. The largest absolute Gasteiger partial charge is 0.383 e. The molecule has 9 heteroatoms. The number of aryl methyl sites for hydroxylation is 1. The Morgan fingerprint density at radius 3 is 2.80 bits per heavy atom. The van der Waals surface area contributed by atoms with Gasteiger partial charge in [0.2, 0.25) is 15.9 Å². The summed E-state index contributed by atoms with van der Waals surface area (Å²) in [6.07, 6.45) is 5.16. The molecule has 1 aromatic rings. The molecule has 0 aliphatic carbocycles. The Kier molecular flexibility index (Phi) is 5.17. The monoisotopic (exact) mass is 370 g/mol. The van der Waals surface area contributed by atoms with Crippen molar-refractivity contribution in [2.45, 2.75) is 37.6 Å². The molecule has 1 amide bonds. The fraction of sp³-hybridized carbons (Fsp3) is 0.750. The highest BCUT2D eigenvalue weighted by Crippen LogP contribution is 2.41. The van der Waals surface area contributed by atoms with E-state index in [1.54, 1.807) is 18.0 Å². The van der Waals surface area contributed by atoms with E-state index in [-0.39, 0.29) is 17.3 Å². The van der Waals surface area contributed by atoms with Gasteiger partial charge >= 0.3 is 0 Å². The van der Waals surface area contributed by atoms with Gasteiger partial charge in [0, 0.05) is 46.0 Å². The maximum atomic E-state index is 12.9. The number of sulfonamides is 1. The molecule has 3 rings (SSSR count). The fourth-order valence-corrected chi connectivity index (χ4v) is 5.27. The van der Waals surface area contributed by atoms with Gasteiger partial charge < -0.3 is 9.64 Å². The lowest BCUT2D eigenvalue weighted by Gasteiger charge is -2.39. The van der Waals surface area contributed by atoms with E-state index >= 15 is 0 Å². The molecule has 140 valence electrons. The van der Waals surface area contributed by atoms with Crippen molar-refractivity contribution in [3.8, 4) is 0 Å². The first-order chi connectivity index (χ1) is 11.9. The number of aromatic nitrogens is 2. The average Bonchev–Trinajstić information content (AvgIpc) is 3.25. The lowest BCUT2D eigenvalue weighted by atomic mass is 9.78. The minimum absolute atomic E-state index is 0.0674. The Bertz CT molecular complexity index is 732. The van der Waals surface area contributed by atoms with Gasteiger partial charge in [0.25, 0.3) is 0 Å². The second-order valence-electron chi connectivity index (χ2n) is 6.79. The highest BCUT2D eigenvalue weighted by atomic mass is 32.2. The van der Waals surface area contributed by atoms with E-state index in [1.165, 1.54) is 10.5 Å². The normalized spacial score (nSPS) is 25.2. The van der Waals surface area contributed by atoms with E-state index in [0.717, 1.165) is 19.4 Å². The van der Waals surface area contributed by atoms with E-state index < -0.39 is 15.4 Å². The van der Waals surface area contributed by atoms with E-state index in [0.29, 0.717) is 32.7 Å².